The third-order valence-electron chi connectivity index (χ3n) is 2.38. The van der Waals surface area contributed by atoms with Crippen LogP contribution in [0.2, 0.25) is 0 Å². The molecule has 1 aromatic heterocycles. The van der Waals surface area contributed by atoms with Gasteiger partial charge < -0.3 is 4.74 Å². The highest BCUT2D eigenvalue weighted by molar-refractivity contribution is 5.35. The van der Waals surface area contributed by atoms with Gasteiger partial charge in [0, 0.05) is 18.0 Å². The van der Waals surface area contributed by atoms with Gasteiger partial charge in [-0.25, -0.2) is 0 Å². The van der Waals surface area contributed by atoms with Crippen molar-refractivity contribution < 1.29 is 4.74 Å². The van der Waals surface area contributed by atoms with Gasteiger partial charge in [0.15, 0.2) is 6.10 Å². The van der Waals surface area contributed by atoms with E-state index in [4.69, 9.17) is 16.4 Å². The van der Waals surface area contributed by atoms with Gasteiger partial charge in [-0.2, -0.15) is 5.26 Å². The van der Waals surface area contributed by atoms with Gasteiger partial charge in [-0.05, 0) is 30.3 Å². The number of ether oxygens (including phenoxy) is 1. The number of terminal acetylenes is 1. The normalized spacial score (nSPS) is 11.0. The van der Waals surface area contributed by atoms with Crippen LogP contribution in [0, 0.1) is 23.7 Å². The third kappa shape index (κ3) is 2.66. The molecule has 0 saturated carbocycles. The van der Waals surface area contributed by atoms with Crippen molar-refractivity contribution in [1.82, 2.24) is 4.98 Å². The topological polar surface area (TPSA) is 45.9 Å². The van der Waals surface area contributed by atoms with E-state index in [1.165, 1.54) is 0 Å². The maximum atomic E-state index is 8.70. The fourth-order valence-electron chi connectivity index (χ4n) is 1.47. The minimum absolute atomic E-state index is 0.480. The monoisotopic (exact) mass is 234 g/mol. The fraction of sp³-hybridized carbons (Fsp3) is 0.0667. The molecule has 0 aliphatic carbocycles. The molecular formula is C15H10N2O. The molecule has 3 heteroatoms. The Morgan fingerprint density at radius 2 is 2.00 bits per heavy atom. The molecule has 0 radical (unpaired) electrons. The number of hydrogen-bond acceptors (Lipinski definition) is 3. The van der Waals surface area contributed by atoms with Crippen LogP contribution in [-0.4, -0.2) is 4.98 Å². The highest BCUT2D eigenvalue weighted by atomic mass is 16.5. The van der Waals surface area contributed by atoms with Gasteiger partial charge >= 0.3 is 0 Å². The Bertz CT molecular complexity index is 591. The Labute approximate surface area is 106 Å². The summed E-state index contributed by atoms with van der Waals surface area (Å²) in [6.45, 7) is 0. The van der Waals surface area contributed by atoms with Gasteiger partial charge in [0.1, 0.15) is 5.75 Å². The fourth-order valence-corrected chi connectivity index (χ4v) is 1.47. The standard InChI is InChI=1S/C15H10N2O/c1-2-15(13-4-3-9-17-11-13)18-14-7-5-12(10-16)6-8-14/h1,3-9,11,15H. The molecule has 0 aliphatic rings. The van der Waals surface area contributed by atoms with Gasteiger partial charge in [-0.3, -0.25) is 4.98 Å². The molecule has 3 nitrogen and oxygen atoms in total. The lowest BCUT2D eigenvalue weighted by Gasteiger charge is -2.13. The minimum atomic E-state index is -0.480. The zero-order chi connectivity index (χ0) is 12.8. The molecule has 1 unspecified atom stereocenters. The van der Waals surface area contributed by atoms with Crippen LogP contribution >= 0.6 is 0 Å². The second kappa shape index (κ2) is 5.52. The van der Waals surface area contributed by atoms with E-state index in [0.717, 1.165) is 5.56 Å². The van der Waals surface area contributed by atoms with Crippen molar-refractivity contribution in [3.63, 3.8) is 0 Å². The number of benzene rings is 1. The Morgan fingerprint density at radius 1 is 1.22 bits per heavy atom. The lowest BCUT2D eigenvalue weighted by atomic mass is 10.1. The van der Waals surface area contributed by atoms with E-state index in [1.54, 1.807) is 36.7 Å². The summed E-state index contributed by atoms with van der Waals surface area (Å²) in [5, 5.41) is 8.70. The highest BCUT2D eigenvalue weighted by Crippen LogP contribution is 2.21. The van der Waals surface area contributed by atoms with Crippen molar-refractivity contribution in [2.24, 2.45) is 0 Å². The van der Waals surface area contributed by atoms with Gasteiger partial charge in [-0.15, -0.1) is 6.42 Å². The van der Waals surface area contributed by atoms with Crippen LogP contribution in [-0.2, 0) is 0 Å². The lowest BCUT2D eigenvalue weighted by Crippen LogP contribution is -2.05. The number of nitriles is 1. The van der Waals surface area contributed by atoms with Gasteiger partial charge in [0.2, 0.25) is 0 Å². The molecule has 18 heavy (non-hydrogen) atoms. The molecule has 0 N–H and O–H groups in total. The van der Waals surface area contributed by atoms with E-state index in [9.17, 15) is 0 Å². The average Bonchev–Trinajstić information content (AvgIpc) is 2.46. The highest BCUT2D eigenvalue weighted by Gasteiger charge is 2.09. The minimum Gasteiger partial charge on any atom is -0.473 e. The molecule has 86 valence electrons. The first-order valence-corrected chi connectivity index (χ1v) is 5.36. The van der Waals surface area contributed by atoms with Crippen molar-refractivity contribution in [2.75, 3.05) is 0 Å². The Balaban J connectivity index is 2.17. The maximum absolute atomic E-state index is 8.70. The third-order valence-corrected chi connectivity index (χ3v) is 2.38. The van der Waals surface area contributed by atoms with Crippen LogP contribution in [0.3, 0.4) is 0 Å². The van der Waals surface area contributed by atoms with E-state index in [-0.39, 0.29) is 0 Å². The predicted octanol–water partition coefficient (Wildman–Crippen LogP) is 2.71. The zero-order valence-corrected chi connectivity index (χ0v) is 9.58. The average molecular weight is 234 g/mol. The van der Waals surface area contributed by atoms with E-state index in [2.05, 4.69) is 10.9 Å². The van der Waals surface area contributed by atoms with Crippen molar-refractivity contribution in [3.05, 3.63) is 59.9 Å². The largest absolute Gasteiger partial charge is 0.473 e. The molecule has 1 aromatic carbocycles. The quantitative estimate of drug-likeness (QED) is 0.767. The van der Waals surface area contributed by atoms with Gasteiger partial charge in [-0.1, -0.05) is 12.0 Å². The molecule has 0 bridgehead atoms. The maximum Gasteiger partial charge on any atom is 0.185 e. The second-order valence-corrected chi connectivity index (χ2v) is 3.59. The van der Waals surface area contributed by atoms with Crippen LogP contribution < -0.4 is 4.74 Å². The summed E-state index contributed by atoms with van der Waals surface area (Å²) >= 11 is 0. The Hall–Kier alpha value is -2.78. The van der Waals surface area contributed by atoms with Crippen LogP contribution in [0.15, 0.2) is 48.8 Å². The smallest absolute Gasteiger partial charge is 0.185 e. The summed E-state index contributed by atoms with van der Waals surface area (Å²) in [5.74, 6) is 3.19. The molecule has 0 amide bonds. The molecular weight excluding hydrogens is 224 g/mol. The Kier molecular flexibility index (Phi) is 3.59. The van der Waals surface area contributed by atoms with E-state index >= 15 is 0 Å². The summed E-state index contributed by atoms with van der Waals surface area (Å²) in [6.07, 6.45) is 8.33. The van der Waals surface area contributed by atoms with Crippen LogP contribution in [0.5, 0.6) is 5.75 Å². The summed E-state index contributed by atoms with van der Waals surface area (Å²) in [4.78, 5) is 4.00. The first kappa shape index (κ1) is 11.7. The van der Waals surface area contributed by atoms with E-state index in [0.29, 0.717) is 11.3 Å². The van der Waals surface area contributed by atoms with Crippen LogP contribution in [0.4, 0.5) is 0 Å². The van der Waals surface area contributed by atoms with Crippen molar-refractivity contribution in [2.45, 2.75) is 6.10 Å². The number of rotatable bonds is 3. The van der Waals surface area contributed by atoms with Crippen molar-refractivity contribution >= 4 is 0 Å². The Morgan fingerprint density at radius 3 is 2.56 bits per heavy atom. The summed E-state index contributed by atoms with van der Waals surface area (Å²) in [7, 11) is 0. The molecule has 0 aliphatic heterocycles. The molecule has 0 saturated heterocycles. The summed E-state index contributed by atoms with van der Waals surface area (Å²) in [5.41, 5.74) is 1.41. The first-order chi connectivity index (χ1) is 8.83. The summed E-state index contributed by atoms with van der Waals surface area (Å²) in [6, 6.07) is 12.5. The van der Waals surface area contributed by atoms with Crippen LogP contribution in [0.1, 0.15) is 17.2 Å². The number of pyridine rings is 1. The zero-order valence-electron chi connectivity index (χ0n) is 9.58. The predicted molar refractivity (Wildman–Crippen MR) is 67.6 cm³/mol. The van der Waals surface area contributed by atoms with Gasteiger partial charge in [0.05, 0.1) is 11.6 Å². The SMILES string of the molecule is C#CC(Oc1ccc(C#N)cc1)c1cccnc1. The molecule has 1 heterocycles. The van der Waals surface area contributed by atoms with E-state index < -0.39 is 6.10 Å². The number of aromatic nitrogens is 1. The number of nitrogens with zero attached hydrogens (tertiary/aromatic N) is 2. The van der Waals surface area contributed by atoms with E-state index in [1.807, 2.05) is 18.2 Å². The summed E-state index contributed by atoms with van der Waals surface area (Å²) < 4.78 is 5.66. The second-order valence-electron chi connectivity index (χ2n) is 3.59. The number of hydrogen-bond donors (Lipinski definition) is 0. The van der Waals surface area contributed by atoms with Crippen molar-refractivity contribution in [3.8, 4) is 24.2 Å². The molecule has 0 fully saturated rings. The molecule has 1 atom stereocenters. The first-order valence-electron chi connectivity index (χ1n) is 5.36. The van der Waals surface area contributed by atoms with Gasteiger partial charge in [0.25, 0.3) is 0 Å². The molecule has 2 rings (SSSR count). The lowest BCUT2D eigenvalue weighted by molar-refractivity contribution is 0.264. The van der Waals surface area contributed by atoms with Crippen LogP contribution in [0.25, 0.3) is 0 Å². The molecule has 0 spiro atoms. The van der Waals surface area contributed by atoms with Crippen molar-refractivity contribution in [1.29, 1.82) is 5.26 Å². The molecule has 2 aromatic rings.